The van der Waals surface area contributed by atoms with E-state index in [0.29, 0.717) is 0 Å². The minimum absolute atomic E-state index is 0.871. The Morgan fingerprint density at radius 1 is 0.284 bits per heavy atom. The zero-order valence-electron chi connectivity index (χ0n) is 67.0. The molecule has 3 aliphatic rings. The summed E-state index contributed by atoms with van der Waals surface area (Å²) in [4.78, 5) is 25.5. The van der Waals surface area contributed by atoms with Crippen LogP contribution >= 0.6 is 15.9 Å². The quantitative estimate of drug-likeness (QED) is 0.162. The van der Waals surface area contributed by atoms with Gasteiger partial charge in [-0.25, -0.2) is 0 Å². The number of anilines is 4. The van der Waals surface area contributed by atoms with E-state index in [4.69, 9.17) is 0 Å². The number of allylic oxidation sites excluding steroid dienone is 8. The number of benzene rings is 8. The van der Waals surface area contributed by atoms with Gasteiger partial charge in [0.15, 0.2) is 0 Å². The summed E-state index contributed by atoms with van der Waals surface area (Å²) in [7, 11) is 0. The molecule has 0 saturated carbocycles. The van der Waals surface area contributed by atoms with Gasteiger partial charge in [-0.2, -0.15) is 0 Å². The van der Waals surface area contributed by atoms with E-state index >= 15 is 0 Å². The van der Waals surface area contributed by atoms with E-state index in [1.165, 1.54) is 95.1 Å². The molecule has 8 aromatic carbocycles. The van der Waals surface area contributed by atoms with Crippen LogP contribution in [0.5, 0.6) is 0 Å². The Bertz CT molecular complexity index is 4300. The van der Waals surface area contributed by atoms with Crippen LogP contribution in [0, 0.1) is 123 Å². The molecule has 15 rings (SSSR count). The van der Waals surface area contributed by atoms with Crippen LogP contribution < -0.4 is 19.6 Å². The zero-order chi connectivity index (χ0) is 78.6. The highest BCUT2D eigenvalue weighted by atomic mass is 79.9. The largest absolute Gasteiger partial charge is 0.352 e. The average Bonchev–Trinajstić information content (AvgIpc) is 1.68. The molecule has 0 N–H and O–H groups in total. The van der Waals surface area contributed by atoms with E-state index in [-0.39, 0.29) is 0 Å². The van der Waals surface area contributed by atoms with Crippen LogP contribution in [0.15, 0.2) is 339 Å². The van der Waals surface area contributed by atoms with Crippen LogP contribution in [0.1, 0.15) is 101 Å². The third-order valence-electron chi connectivity index (χ3n) is 16.9. The Kier molecular flexibility index (Phi) is 38.4. The molecule has 0 unspecified atom stereocenters. The summed E-state index contributed by atoms with van der Waals surface area (Å²) in [6, 6.07) is 81.9. The number of pyridine rings is 4. The lowest BCUT2D eigenvalue weighted by atomic mass is 10.0. The molecule has 0 radical (unpaired) electrons. The Morgan fingerprint density at radius 3 is 0.844 bits per heavy atom. The third kappa shape index (κ3) is 32.9. The molecule has 12 aromatic rings. The molecular weight excluding hydrogens is 1390 g/mol. The minimum atomic E-state index is 0.871. The molecule has 0 amide bonds. The lowest BCUT2D eigenvalue weighted by Gasteiger charge is -2.27. The lowest BCUT2D eigenvalue weighted by Crippen LogP contribution is -2.27. The van der Waals surface area contributed by atoms with Crippen LogP contribution in [0.4, 0.5) is 22.7 Å². The number of aromatic nitrogens is 4. The molecule has 1 aliphatic carbocycles. The van der Waals surface area contributed by atoms with Crippen LogP contribution in [0.3, 0.4) is 0 Å². The summed E-state index contributed by atoms with van der Waals surface area (Å²) in [6.07, 6.45) is 29.2. The van der Waals surface area contributed by atoms with Crippen LogP contribution in [-0.2, 0) is 0 Å². The molecule has 6 heterocycles. The average molecular weight is 1500 g/mol. The molecule has 109 heavy (non-hydrogen) atoms. The fourth-order valence-corrected chi connectivity index (χ4v) is 12.9. The van der Waals surface area contributed by atoms with Gasteiger partial charge in [-0.05, 0) is 244 Å². The molecule has 1 fully saturated rings. The van der Waals surface area contributed by atoms with Crippen LogP contribution in [0.25, 0.3) is 0 Å². The summed E-state index contributed by atoms with van der Waals surface area (Å²) in [5, 5.41) is 0. The van der Waals surface area contributed by atoms with Gasteiger partial charge in [0.25, 0.3) is 0 Å². The second kappa shape index (κ2) is 48.5. The predicted molar refractivity (Wildman–Crippen MR) is 473 cm³/mol. The van der Waals surface area contributed by atoms with Gasteiger partial charge in [-0.15, -0.1) is 0 Å². The highest BCUT2D eigenvalue weighted by Gasteiger charge is 2.25. The standard InChI is InChI=1S/C21H28N2.C21H26N2.C14H10.C8H8.C7H9N.C7H8.C6H7N.C6H6.C5H4BrN.C5H5N/c2*1-14-9-16(3)20(17(4)10-14)22-7-8-23(13-22)21-18(5)11-15(2)12-19(21)6;1-3-7-13(8-4-1)11-12-14-9-5-2-6-10-14;1-2-4-6-8-7-5-3-1;1-6-4-3-5-7(2)8-6;1-7-5-3-2-4-6-7;1-6-4-2-3-5-7-6;1-2-4-6-5-3-1;6-5-2-1-3-7-4-5;1-2-4-6-5-3-1/h9-12H,7-8,13H2,1-6H3;7-12H,13H2,1-6H3;1-10H;1-8H;3-5H,1-2H3;2-6H,1H3;2-5H,1H3;1-6H;1-4H;1-5H/b;;;2-1-,3-1?,4-2?,5-3-,6-4?,7-5?,8-6?,8-7?;;;;;;. The van der Waals surface area contributed by atoms with Crippen molar-refractivity contribution >= 4 is 38.7 Å². The Hall–Kier alpha value is -11.7. The molecule has 8 nitrogen and oxygen atoms in total. The normalized spacial score (nSPS) is 12.2. The van der Waals surface area contributed by atoms with Gasteiger partial charge < -0.3 is 19.6 Å². The van der Waals surface area contributed by atoms with Crippen molar-refractivity contribution in [2.45, 2.75) is 111 Å². The molecular formula is C100H111BrN8. The van der Waals surface area contributed by atoms with Gasteiger partial charge in [0.1, 0.15) is 0 Å². The van der Waals surface area contributed by atoms with Crippen molar-refractivity contribution in [3.63, 3.8) is 0 Å². The number of rotatable bonds is 4. The van der Waals surface area contributed by atoms with Crippen molar-refractivity contribution in [3.8, 4) is 11.8 Å². The smallest absolute Gasteiger partial charge is 0.0989 e. The topological polar surface area (TPSA) is 64.5 Å². The summed E-state index contributed by atoms with van der Waals surface area (Å²) in [5.41, 5.74) is 28.4. The first kappa shape index (κ1) is 86.2. The Labute approximate surface area is 662 Å². The number of aryl methyl sites for hydroxylation is 16. The molecule has 558 valence electrons. The van der Waals surface area contributed by atoms with Crippen LogP contribution in [0.2, 0.25) is 0 Å². The zero-order valence-corrected chi connectivity index (χ0v) is 68.6. The van der Waals surface area contributed by atoms with Gasteiger partial charge in [0.2, 0.25) is 0 Å². The second-order valence-corrected chi connectivity index (χ2v) is 27.9. The van der Waals surface area contributed by atoms with E-state index in [1.807, 2.05) is 251 Å². The third-order valence-corrected chi connectivity index (χ3v) is 17.4. The number of hydrogen-bond acceptors (Lipinski definition) is 8. The number of hydrogen-bond donors (Lipinski definition) is 0. The van der Waals surface area contributed by atoms with Crippen molar-refractivity contribution in [1.29, 1.82) is 0 Å². The fourth-order valence-electron chi connectivity index (χ4n) is 12.7. The van der Waals surface area contributed by atoms with E-state index in [2.05, 4.69) is 230 Å². The fraction of sp³-hybridized carbons (Fsp3) is 0.200. The van der Waals surface area contributed by atoms with Gasteiger partial charge in [-0.3, -0.25) is 19.9 Å². The number of nitrogens with zero attached hydrogens (tertiary/aromatic N) is 8. The van der Waals surface area contributed by atoms with Gasteiger partial charge in [-0.1, -0.05) is 258 Å². The van der Waals surface area contributed by atoms with Gasteiger partial charge in [0, 0.05) is 112 Å². The highest BCUT2D eigenvalue weighted by Crippen LogP contribution is 2.35. The maximum atomic E-state index is 4.17. The van der Waals surface area contributed by atoms with Gasteiger partial charge >= 0.3 is 0 Å². The van der Waals surface area contributed by atoms with Crippen molar-refractivity contribution in [1.82, 2.24) is 19.9 Å². The molecule has 2 aliphatic heterocycles. The first-order chi connectivity index (χ1) is 52.6. The molecule has 1 saturated heterocycles. The van der Waals surface area contributed by atoms with E-state index in [0.717, 1.165) is 59.1 Å². The summed E-state index contributed by atoms with van der Waals surface area (Å²) < 4.78 is 1.02. The van der Waals surface area contributed by atoms with E-state index < -0.39 is 0 Å². The lowest BCUT2D eigenvalue weighted by molar-refractivity contribution is 0.930. The Balaban J connectivity index is 0.000000199. The molecule has 0 atom stereocenters. The molecule has 9 heteroatoms. The van der Waals surface area contributed by atoms with Crippen molar-refractivity contribution in [3.05, 3.63) is 440 Å². The molecule has 4 aromatic heterocycles. The van der Waals surface area contributed by atoms with Crippen LogP contribution in [-0.4, -0.2) is 46.4 Å². The first-order valence-electron chi connectivity index (χ1n) is 37.2. The molecule has 0 bridgehead atoms. The summed E-state index contributed by atoms with van der Waals surface area (Å²) in [5.74, 6) is 6.22. The summed E-state index contributed by atoms with van der Waals surface area (Å²) >= 11 is 3.25. The second-order valence-electron chi connectivity index (χ2n) is 27.0. The maximum absolute atomic E-state index is 4.17. The highest BCUT2D eigenvalue weighted by molar-refractivity contribution is 9.10. The SMILES string of the molecule is Brc1cccnc1.C(#Cc1ccccc1)c1ccccc1.C1=C/C=C\C=C/C=C1.Cc1cc(C)c(N2C=CN(c3c(C)cc(C)cc3C)C2)c(C)c1.Cc1cc(C)c(N2CCN(c3c(C)cc(C)cc3C)C2)c(C)c1.Cc1cccc(C)n1.Cc1ccccc1.Cc1ccccn1.c1ccccc1.c1ccncc1. The van der Waals surface area contributed by atoms with Crippen molar-refractivity contribution in [2.24, 2.45) is 0 Å². The van der Waals surface area contributed by atoms with Gasteiger partial charge in [0.05, 0.1) is 13.3 Å². The number of halogens is 1. The van der Waals surface area contributed by atoms with E-state index in [9.17, 15) is 0 Å². The molecule has 0 spiro atoms. The van der Waals surface area contributed by atoms with E-state index in [1.54, 1.807) is 31.0 Å². The Morgan fingerprint density at radius 2 is 0.596 bits per heavy atom. The van der Waals surface area contributed by atoms with Crippen molar-refractivity contribution in [2.75, 3.05) is 46.0 Å². The minimum Gasteiger partial charge on any atom is -0.352 e. The first-order valence-corrected chi connectivity index (χ1v) is 38.0. The maximum Gasteiger partial charge on any atom is 0.0989 e. The predicted octanol–water partition coefficient (Wildman–Crippen LogP) is 25.1. The monoisotopic (exact) mass is 1500 g/mol. The van der Waals surface area contributed by atoms with Crippen molar-refractivity contribution < 1.29 is 0 Å². The summed E-state index contributed by atoms with van der Waals surface area (Å²) in [6.45, 7) is 38.5.